The number of fused-ring (bicyclic) bond motifs is 1. The number of ether oxygens (including phenoxy) is 1. The molecule has 4 heteroatoms. The third kappa shape index (κ3) is 6.84. The van der Waals surface area contributed by atoms with Crippen molar-refractivity contribution < 1.29 is 14.6 Å². The van der Waals surface area contributed by atoms with Crippen LogP contribution in [0.2, 0.25) is 0 Å². The average molecular weight is 522 g/mol. The van der Waals surface area contributed by atoms with Crippen molar-refractivity contribution in [2.24, 2.45) is 23.2 Å². The molecule has 1 N–H and O–H groups in total. The quantitative estimate of drug-likeness (QED) is 0.263. The molecule has 3 nitrogen and oxygen atoms in total. The molecule has 3 fully saturated rings. The van der Waals surface area contributed by atoms with Crippen molar-refractivity contribution in [3.8, 4) is 0 Å². The van der Waals surface area contributed by atoms with Gasteiger partial charge in [0.25, 0.3) is 0 Å². The third-order valence-corrected chi connectivity index (χ3v) is 9.21. The van der Waals surface area contributed by atoms with Crippen LogP contribution in [0.3, 0.4) is 0 Å². The SMILES string of the molecule is C=C1CC[C@H](OC(=O)CBr)C/C1=C/C=C1/CCC[C@@]2(C)C1CC[C@@H]2[C@H](C)CCCC(C)(C)O. The average Bonchev–Trinajstić information content (AvgIpc) is 3.10. The van der Waals surface area contributed by atoms with E-state index in [1.165, 1.54) is 49.7 Å². The molecule has 0 aromatic heterocycles. The Hall–Kier alpha value is -0.870. The lowest BCUT2D eigenvalue weighted by atomic mass is 9.60. The van der Waals surface area contributed by atoms with E-state index in [0.717, 1.165) is 38.0 Å². The van der Waals surface area contributed by atoms with Crippen molar-refractivity contribution in [3.63, 3.8) is 0 Å². The monoisotopic (exact) mass is 520 g/mol. The highest BCUT2D eigenvalue weighted by atomic mass is 79.9. The lowest BCUT2D eigenvalue weighted by molar-refractivity contribution is -0.146. The number of esters is 1. The van der Waals surface area contributed by atoms with Gasteiger partial charge in [0.05, 0.1) is 5.60 Å². The fraction of sp³-hybridized carbons (Fsp3) is 0.759. The van der Waals surface area contributed by atoms with Crippen LogP contribution >= 0.6 is 15.9 Å². The van der Waals surface area contributed by atoms with Gasteiger partial charge in [0.2, 0.25) is 0 Å². The van der Waals surface area contributed by atoms with Crippen molar-refractivity contribution in [2.75, 3.05) is 5.33 Å². The van der Waals surface area contributed by atoms with E-state index in [0.29, 0.717) is 17.3 Å². The molecule has 0 aromatic carbocycles. The molecule has 0 saturated heterocycles. The fourth-order valence-corrected chi connectivity index (χ4v) is 7.10. The molecule has 5 atom stereocenters. The summed E-state index contributed by atoms with van der Waals surface area (Å²) in [6.45, 7) is 13.1. The normalized spacial score (nSPS) is 33.9. The number of aliphatic hydroxyl groups is 1. The summed E-state index contributed by atoms with van der Waals surface area (Å²) in [4.78, 5) is 11.7. The topological polar surface area (TPSA) is 46.5 Å². The number of hydrogen-bond donors (Lipinski definition) is 1. The Morgan fingerprint density at radius 3 is 2.76 bits per heavy atom. The summed E-state index contributed by atoms with van der Waals surface area (Å²) in [5.41, 5.74) is 3.91. The van der Waals surface area contributed by atoms with Crippen LogP contribution in [0, 0.1) is 23.2 Å². The molecule has 0 aliphatic heterocycles. The van der Waals surface area contributed by atoms with E-state index in [1.807, 2.05) is 13.8 Å². The first-order valence-corrected chi connectivity index (χ1v) is 14.2. The van der Waals surface area contributed by atoms with E-state index in [1.54, 1.807) is 5.57 Å². The van der Waals surface area contributed by atoms with E-state index < -0.39 is 5.60 Å². The highest BCUT2D eigenvalue weighted by molar-refractivity contribution is 9.09. The van der Waals surface area contributed by atoms with Gasteiger partial charge in [0.1, 0.15) is 11.4 Å². The van der Waals surface area contributed by atoms with Crippen molar-refractivity contribution in [1.29, 1.82) is 0 Å². The third-order valence-electron chi connectivity index (χ3n) is 8.75. The smallest absolute Gasteiger partial charge is 0.316 e. The molecular formula is C29H45BrO3. The van der Waals surface area contributed by atoms with Gasteiger partial charge in [-0.25, -0.2) is 0 Å². The Kier molecular flexibility index (Phi) is 9.11. The van der Waals surface area contributed by atoms with Gasteiger partial charge in [-0.3, -0.25) is 4.79 Å². The van der Waals surface area contributed by atoms with Crippen LogP contribution in [0.25, 0.3) is 0 Å². The highest BCUT2D eigenvalue weighted by Gasteiger charge is 2.50. The summed E-state index contributed by atoms with van der Waals surface area (Å²) in [6.07, 6.45) is 16.9. The minimum atomic E-state index is -0.551. The van der Waals surface area contributed by atoms with Crippen LogP contribution in [0.15, 0.2) is 35.5 Å². The standard InChI is InChI=1S/C29H45BrO3/c1-20-10-13-24(33-27(31)19-30)18-23(20)12-11-22-9-7-17-29(5)25(14-15-26(22)29)21(2)8-6-16-28(3,4)32/h11-12,21,24-26,32H,1,6-10,13-19H2,2-5H3/b22-11-,23-12-/t21-,24+,25-,26?,29-/m1/s1. The van der Waals surface area contributed by atoms with Crippen LogP contribution in [-0.4, -0.2) is 28.1 Å². The van der Waals surface area contributed by atoms with E-state index >= 15 is 0 Å². The second-order valence-electron chi connectivity index (χ2n) is 11.8. The van der Waals surface area contributed by atoms with Crippen molar-refractivity contribution in [2.45, 2.75) is 110 Å². The Morgan fingerprint density at radius 2 is 2.06 bits per heavy atom. The first kappa shape index (κ1) is 26.7. The van der Waals surface area contributed by atoms with E-state index in [2.05, 4.69) is 48.5 Å². The maximum absolute atomic E-state index is 11.7. The summed E-state index contributed by atoms with van der Waals surface area (Å²) in [5, 5.41) is 10.3. The molecule has 3 aliphatic rings. The summed E-state index contributed by atoms with van der Waals surface area (Å²) in [5.74, 6) is 1.99. The summed E-state index contributed by atoms with van der Waals surface area (Å²) in [6, 6.07) is 0. The zero-order chi connectivity index (χ0) is 24.2. The first-order valence-electron chi connectivity index (χ1n) is 13.1. The molecule has 1 unspecified atom stereocenters. The van der Waals surface area contributed by atoms with Crippen LogP contribution in [0.4, 0.5) is 0 Å². The van der Waals surface area contributed by atoms with Gasteiger partial charge in [-0.05, 0) is 94.0 Å². The molecule has 3 aliphatic carbocycles. The van der Waals surface area contributed by atoms with Crippen LogP contribution in [-0.2, 0) is 9.53 Å². The van der Waals surface area contributed by atoms with Gasteiger partial charge in [-0.15, -0.1) is 0 Å². The Bertz CT molecular complexity index is 774. The zero-order valence-corrected chi connectivity index (χ0v) is 22.9. The number of alkyl halides is 1. The minimum absolute atomic E-state index is 0.0255. The molecule has 3 saturated carbocycles. The summed E-state index contributed by atoms with van der Waals surface area (Å²) in [7, 11) is 0. The van der Waals surface area contributed by atoms with E-state index in [-0.39, 0.29) is 17.4 Å². The van der Waals surface area contributed by atoms with Crippen molar-refractivity contribution in [3.05, 3.63) is 35.5 Å². The predicted molar refractivity (Wildman–Crippen MR) is 140 cm³/mol. The number of carbonyl (C=O) groups is 1. The van der Waals surface area contributed by atoms with Gasteiger partial charge in [-0.2, -0.15) is 0 Å². The van der Waals surface area contributed by atoms with Gasteiger partial charge >= 0.3 is 5.97 Å². The number of halogens is 1. The van der Waals surface area contributed by atoms with Gasteiger partial charge in [-0.1, -0.05) is 72.5 Å². The molecule has 0 amide bonds. The second kappa shape index (κ2) is 11.2. The first-order chi connectivity index (χ1) is 15.5. The lowest BCUT2D eigenvalue weighted by Crippen LogP contribution is -2.36. The maximum Gasteiger partial charge on any atom is 0.316 e. The van der Waals surface area contributed by atoms with Crippen molar-refractivity contribution >= 4 is 21.9 Å². The Balaban J connectivity index is 1.67. The second-order valence-corrected chi connectivity index (χ2v) is 12.4. The number of rotatable bonds is 8. The van der Waals surface area contributed by atoms with E-state index in [4.69, 9.17) is 4.74 Å². The summed E-state index contributed by atoms with van der Waals surface area (Å²) >= 11 is 3.19. The lowest BCUT2D eigenvalue weighted by Gasteiger charge is -2.44. The molecule has 3 rings (SSSR count). The minimum Gasteiger partial charge on any atom is -0.461 e. The molecule has 33 heavy (non-hydrogen) atoms. The number of allylic oxidation sites excluding steroid dienone is 4. The molecule has 0 radical (unpaired) electrons. The molecule has 0 heterocycles. The Morgan fingerprint density at radius 1 is 1.30 bits per heavy atom. The zero-order valence-electron chi connectivity index (χ0n) is 21.3. The predicted octanol–water partition coefficient (Wildman–Crippen LogP) is 7.68. The van der Waals surface area contributed by atoms with Gasteiger partial charge < -0.3 is 9.84 Å². The Labute approximate surface area is 210 Å². The fourth-order valence-electron chi connectivity index (χ4n) is 6.97. The largest absolute Gasteiger partial charge is 0.461 e. The summed E-state index contributed by atoms with van der Waals surface area (Å²) < 4.78 is 5.59. The van der Waals surface area contributed by atoms with Crippen LogP contribution < -0.4 is 0 Å². The van der Waals surface area contributed by atoms with Crippen LogP contribution in [0.1, 0.15) is 98.3 Å². The maximum atomic E-state index is 11.7. The number of hydrogen-bond acceptors (Lipinski definition) is 3. The molecular weight excluding hydrogens is 476 g/mol. The van der Waals surface area contributed by atoms with Crippen LogP contribution in [0.5, 0.6) is 0 Å². The van der Waals surface area contributed by atoms with Gasteiger partial charge in [0.15, 0.2) is 0 Å². The van der Waals surface area contributed by atoms with Gasteiger partial charge in [0, 0.05) is 6.42 Å². The molecule has 186 valence electrons. The highest BCUT2D eigenvalue weighted by Crippen LogP contribution is 2.60. The van der Waals surface area contributed by atoms with E-state index in [9.17, 15) is 9.90 Å². The molecule has 0 bridgehead atoms. The number of carbonyl (C=O) groups excluding carboxylic acids is 1. The molecule has 0 spiro atoms. The van der Waals surface area contributed by atoms with Crippen molar-refractivity contribution in [1.82, 2.24) is 0 Å². The molecule has 0 aromatic rings.